The van der Waals surface area contributed by atoms with Crippen molar-refractivity contribution in [1.29, 1.82) is 0 Å². The van der Waals surface area contributed by atoms with Crippen LogP contribution in [0.2, 0.25) is 0 Å². The number of esters is 1. The number of benzene rings is 1. The number of carbonyl (C=O) groups excluding carboxylic acids is 1. The summed E-state index contributed by atoms with van der Waals surface area (Å²) in [5.74, 6) is 0.173. The summed E-state index contributed by atoms with van der Waals surface area (Å²) in [6, 6.07) is 9.51. The summed E-state index contributed by atoms with van der Waals surface area (Å²) in [5.41, 5.74) is 2.17. The van der Waals surface area contributed by atoms with Crippen LogP contribution < -0.4 is 5.56 Å². The molecule has 0 bridgehead atoms. The first kappa shape index (κ1) is 19.8. The highest BCUT2D eigenvalue weighted by atomic mass is 32.1. The normalized spacial score (nSPS) is 16.6. The minimum absolute atomic E-state index is 0.121. The maximum atomic E-state index is 13.1. The zero-order valence-corrected chi connectivity index (χ0v) is 17.9. The van der Waals surface area contributed by atoms with Crippen LogP contribution in [0.1, 0.15) is 43.2 Å². The lowest BCUT2D eigenvalue weighted by Gasteiger charge is -2.33. The molecule has 0 saturated carbocycles. The van der Waals surface area contributed by atoms with E-state index in [1.54, 1.807) is 11.3 Å². The summed E-state index contributed by atoms with van der Waals surface area (Å²) in [6.07, 6.45) is 4.45. The van der Waals surface area contributed by atoms with Crippen LogP contribution in [0.25, 0.3) is 10.2 Å². The molecule has 0 spiro atoms. The first-order valence-electron chi connectivity index (χ1n) is 10.0. The monoisotopic (exact) mass is 410 g/mol. The molecule has 1 aliphatic carbocycles. The van der Waals surface area contributed by atoms with E-state index in [1.807, 2.05) is 30.3 Å². The van der Waals surface area contributed by atoms with Gasteiger partial charge in [-0.05, 0) is 41.7 Å². The molecule has 0 unspecified atom stereocenters. The Morgan fingerprint density at radius 2 is 2.03 bits per heavy atom. The molecule has 152 valence electrons. The molecule has 5 nitrogen and oxygen atoms in total. The second-order valence-electron chi connectivity index (χ2n) is 8.81. The van der Waals surface area contributed by atoms with Crippen molar-refractivity contribution in [2.75, 3.05) is 0 Å². The van der Waals surface area contributed by atoms with Crippen LogP contribution in [-0.4, -0.2) is 15.5 Å². The first-order chi connectivity index (χ1) is 13.8. The Morgan fingerprint density at radius 1 is 1.28 bits per heavy atom. The molecule has 0 radical (unpaired) electrons. The quantitative estimate of drug-likeness (QED) is 0.600. The number of aromatic nitrogens is 2. The predicted molar refractivity (Wildman–Crippen MR) is 115 cm³/mol. The Labute approximate surface area is 174 Å². The number of rotatable bonds is 4. The number of aryl methyl sites for hydroxylation is 1. The lowest BCUT2D eigenvalue weighted by molar-refractivity contribution is -0.145. The van der Waals surface area contributed by atoms with Crippen molar-refractivity contribution in [3.63, 3.8) is 0 Å². The van der Waals surface area contributed by atoms with E-state index in [9.17, 15) is 9.59 Å². The Hall–Kier alpha value is -2.47. The van der Waals surface area contributed by atoms with Gasteiger partial charge in [-0.1, -0.05) is 51.1 Å². The molecule has 6 heteroatoms. The summed E-state index contributed by atoms with van der Waals surface area (Å²) in [5, 5.41) is 0.690. The molecule has 0 N–H and O–H groups in total. The van der Waals surface area contributed by atoms with Gasteiger partial charge in [0.05, 0.1) is 11.7 Å². The molecule has 0 fully saturated rings. The summed E-state index contributed by atoms with van der Waals surface area (Å²) in [7, 11) is 0. The number of hydrogen-bond donors (Lipinski definition) is 0. The minimum Gasteiger partial charge on any atom is -0.459 e. The van der Waals surface area contributed by atoms with Crippen LogP contribution in [0, 0.1) is 11.3 Å². The fourth-order valence-corrected chi connectivity index (χ4v) is 5.23. The van der Waals surface area contributed by atoms with Gasteiger partial charge >= 0.3 is 5.97 Å². The van der Waals surface area contributed by atoms with E-state index in [1.165, 1.54) is 15.8 Å². The van der Waals surface area contributed by atoms with Crippen LogP contribution in [0.15, 0.2) is 41.5 Å². The van der Waals surface area contributed by atoms with Gasteiger partial charge in [-0.2, -0.15) is 0 Å². The number of ether oxygens (including phenoxy) is 1. The lowest BCUT2D eigenvalue weighted by Crippen LogP contribution is -2.28. The largest absolute Gasteiger partial charge is 0.459 e. The van der Waals surface area contributed by atoms with Gasteiger partial charge in [0.15, 0.2) is 0 Å². The highest BCUT2D eigenvalue weighted by Crippen LogP contribution is 2.41. The van der Waals surface area contributed by atoms with E-state index >= 15 is 0 Å². The molecule has 2 heterocycles. The molecular weight excluding hydrogens is 384 g/mol. The number of hydrogen-bond acceptors (Lipinski definition) is 5. The van der Waals surface area contributed by atoms with Gasteiger partial charge in [0.2, 0.25) is 0 Å². The SMILES string of the molecule is CC(C)(C)[C@@H]1CCc2c(sc3ncn(CC(=O)OCc4ccccc4)c(=O)c23)C1. The third-order valence-corrected chi connectivity index (χ3v) is 6.96. The highest BCUT2D eigenvalue weighted by molar-refractivity contribution is 7.18. The molecule has 0 saturated heterocycles. The van der Waals surface area contributed by atoms with Gasteiger partial charge in [0.1, 0.15) is 18.0 Å². The number of nitrogens with zero attached hydrogens (tertiary/aromatic N) is 2. The molecule has 1 aromatic carbocycles. The minimum atomic E-state index is -0.436. The van der Waals surface area contributed by atoms with Gasteiger partial charge in [-0.3, -0.25) is 14.2 Å². The van der Waals surface area contributed by atoms with Gasteiger partial charge in [-0.25, -0.2) is 4.98 Å². The van der Waals surface area contributed by atoms with Crippen molar-refractivity contribution in [1.82, 2.24) is 9.55 Å². The summed E-state index contributed by atoms with van der Waals surface area (Å²) in [6.45, 7) is 6.92. The van der Waals surface area contributed by atoms with Crippen LogP contribution in [0.4, 0.5) is 0 Å². The van der Waals surface area contributed by atoms with Crippen LogP contribution in [0.3, 0.4) is 0 Å². The Bertz CT molecular complexity index is 1090. The molecule has 29 heavy (non-hydrogen) atoms. The molecule has 2 aromatic heterocycles. The summed E-state index contributed by atoms with van der Waals surface area (Å²) in [4.78, 5) is 31.9. The van der Waals surface area contributed by atoms with Crippen molar-refractivity contribution < 1.29 is 9.53 Å². The highest BCUT2D eigenvalue weighted by Gasteiger charge is 2.31. The molecule has 0 aliphatic heterocycles. The van der Waals surface area contributed by atoms with Gasteiger partial charge in [-0.15, -0.1) is 11.3 Å². The number of thiophene rings is 1. The van der Waals surface area contributed by atoms with Crippen molar-refractivity contribution in [2.24, 2.45) is 11.3 Å². The van der Waals surface area contributed by atoms with Crippen LogP contribution in [0.5, 0.6) is 0 Å². The van der Waals surface area contributed by atoms with Crippen molar-refractivity contribution >= 4 is 27.5 Å². The molecule has 3 aromatic rings. The number of carbonyl (C=O) groups is 1. The second-order valence-corrected chi connectivity index (χ2v) is 9.90. The van der Waals surface area contributed by atoms with E-state index < -0.39 is 5.97 Å². The van der Waals surface area contributed by atoms with E-state index in [0.29, 0.717) is 11.3 Å². The van der Waals surface area contributed by atoms with Gasteiger partial charge < -0.3 is 4.74 Å². The van der Waals surface area contributed by atoms with Crippen molar-refractivity contribution in [3.05, 3.63) is 63.0 Å². The van der Waals surface area contributed by atoms with Crippen LogP contribution >= 0.6 is 11.3 Å². The van der Waals surface area contributed by atoms with Gasteiger partial charge in [0.25, 0.3) is 5.56 Å². The van der Waals surface area contributed by atoms with Crippen LogP contribution in [-0.2, 0) is 35.5 Å². The number of fused-ring (bicyclic) bond motifs is 3. The Morgan fingerprint density at radius 3 is 2.76 bits per heavy atom. The van der Waals surface area contributed by atoms with E-state index in [2.05, 4.69) is 25.8 Å². The zero-order valence-electron chi connectivity index (χ0n) is 17.1. The summed E-state index contributed by atoms with van der Waals surface area (Å²) >= 11 is 1.63. The summed E-state index contributed by atoms with van der Waals surface area (Å²) < 4.78 is 6.69. The molecule has 1 aliphatic rings. The Kier molecular flexibility index (Phi) is 5.30. The maximum Gasteiger partial charge on any atom is 0.326 e. The second kappa shape index (κ2) is 7.75. The zero-order chi connectivity index (χ0) is 20.6. The van der Waals surface area contributed by atoms with Crippen molar-refractivity contribution in [3.8, 4) is 0 Å². The average Bonchev–Trinajstić information content (AvgIpc) is 3.07. The van der Waals surface area contributed by atoms with Gasteiger partial charge in [0, 0.05) is 4.88 Å². The van der Waals surface area contributed by atoms with E-state index in [-0.39, 0.29) is 24.1 Å². The average molecular weight is 411 g/mol. The fourth-order valence-electron chi connectivity index (χ4n) is 3.98. The maximum absolute atomic E-state index is 13.1. The van der Waals surface area contributed by atoms with Crippen molar-refractivity contribution in [2.45, 2.75) is 53.2 Å². The Balaban J connectivity index is 1.54. The lowest BCUT2D eigenvalue weighted by atomic mass is 9.72. The first-order valence-corrected chi connectivity index (χ1v) is 10.8. The topological polar surface area (TPSA) is 61.2 Å². The fraction of sp³-hybridized carbons (Fsp3) is 0.435. The standard InChI is InChI=1S/C23H26N2O3S/c1-23(2,3)16-9-10-17-18(11-16)29-21-20(17)22(27)25(14-24-21)12-19(26)28-13-15-7-5-4-6-8-15/h4-8,14,16H,9-13H2,1-3H3/t16-/m1/s1. The molecule has 4 rings (SSSR count). The van der Waals surface area contributed by atoms with E-state index in [4.69, 9.17) is 4.74 Å². The predicted octanol–water partition coefficient (Wildman–Crippen LogP) is 4.35. The third kappa shape index (κ3) is 4.13. The third-order valence-electron chi connectivity index (χ3n) is 5.80. The molecule has 0 amide bonds. The molecular formula is C23H26N2O3S. The van der Waals surface area contributed by atoms with E-state index in [0.717, 1.165) is 35.2 Å². The smallest absolute Gasteiger partial charge is 0.326 e. The molecule has 1 atom stereocenters.